The second kappa shape index (κ2) is 4.10. The first kappa shape index (κ1) is 9.22. The molecule has 0 amide bonds. The summed E-state index contributed by atoms with van der Waals surface area (Å²) in [6.07, 6.45) is 1.35. The third-order valence-electron chi connectivity index (χ3n) is 0.605. The third kappa shape index (κ3) is 7.22. The second-order valence-corrected chi connectivity index (χ2v) is 4.35. The molecule has 0 aromatic carbocycles. The first-order valence-corrected chi connectivity index (χ1v) is 3.92. The standard InChI is InChI=1S/C4H6Cl3S/c5-4(6,7)2-1-3-8/h1-3H2. The largest absolute Gasteiger partial charge is 0.190 e. The van der Waals surface area contributed by atoms with Gasteiger partial charge in [-0.2, -0.15) is 0 Å². The van der Waals surface area contributed by atoms with E-state index in [1.807, 2.05) is 0 Å². The van der Waals surface area contributed by atoms with Crippen molar-refractivity contribution in [2.75, 3.05) is 5.75 Å². The highest BCUT2D eigenvalue weighted by Crippen LogP contribution is 2.31. The second-order valence-electron chi connectivity index (χ2n) is 1.42. The lowest BCUT2D eigenvalue weighted by Crippen LogP contribution is -2.00. The number of hydrogen-bond donors (Lipinski definition) is 0. The van der Waals surface area contributed by atoms with E-state index in [9.17, 15) is 0 Å². The average molecular weight is 193 g/mol. The van der Waals surface area contributed by atoms with Gasteiger partial charge in [0, 0.05) is 5.75 Å². The molecule has 0 aliphatic rings. The van der Waals surface area contributed by atoms with Crippen molar-refractivity contribution in [1.82, 2.24) is 0 Å². The Morgan fingerprint density at radius 2 is 1.75 bits per heavy atom. The van der Waals surface area contributed by atoms with E-state index in [0.717, 1.165) is 6.42 Å². The lowest BCUT2D eigenvalue weighted by atomic mass is 10.4. The zero-order valence-electron chi connectivity index (χ0n) is 4.16. The summed E-state index contributed by atoms with van der Waals surface area (Å²) in [4.78, 5) is 0. The highest BCUT2D eigenvalue weighted by atomic mass is 35.6. The Labute approximate surface area is 69.9 Å². The van der Waals surface area contributed by atoms with Crippen molar-refractivity contribution in [3.05, 3.63) is 0 Å². The number of hydrogen-bond acceptors (Lipinski definition) is 0. The van der Waals surface area contributed by atoms with Crippen LogP contribution >= 0.6 is 47.4 Å². The maximum Gasteiger partial charge on any atom is 0.190 e. The summed E-state index contributed by atoms with van der Waals surface area (Å²) in [5.74, 6) is 0.661. The number of halogens is 3. The smallest absolute Gasteiger partial charge is 0.0942 e. The van der Waals surface area contributed by atoms with Gasteiger partial charge in [-0.1, -0.05) is 47.4 Å². The molecule has 0 nitrogen and oxygen atoms in total. The van der Waals surface area contributed by atoms with E-state index in [1.54, 1.807) is 0 Å². The maximum atomic E-state index is 5.40. The molecule has 0 spiro atoms. The fourth-order valence-electron chi connectivity index (χ4n) is 0.273. The molecule has 0 saturated heterocycles. The summed E-state index contributed by atoms with van der Waals surface area (Å²) in [7, 11) is 0. The van der Waals surface area contributed by atoms with Gasteiger partial charge in [0.15, 0.2) is 3.79 Å². The van der Waals surface area contributed by atoms with Crippen LogP contribution in [0.4, 0.5) is 0 Å². The van der Waals surface area contributed by atoms with Crippen molar-refractivity contribution >= 4 is 47.4 Å². The summed E-state index contributed by atoms with van der Waals surface area (Å²) < 4.78 is -1.10. The molecule has 0 fully saturated rings. The van der Waals surface area contributed by atoms with Crippen LogP contribution in [0, 0.1) is 0 Å². The van der Waals surface area contributed by atoms with Gasteiger partial charge in [-0.15, -0.1) is 0 Å². The van der Waals surface area contributed by atoms with Crippen LogP contribution in [0.15, 0.2) is 0 Å². The van der Waals surface area contributed by atoms with Crippen molar-refractivity contribution in [2.24, 2.45) is 0 Å². The zero-order valence-corrected chi connectivity index (χ0v) is 7.25. The molecule has 0 aromatic heterocycles. The van der Waals surface area contributed by atoms with Gasteiger partial charge in [0.1, 0.15) is 0 Å². The predicted molar refractivity (Wildman–Crippen MR) is 42.0 cm³/mol. The molecule has 0 rings (SSSR count). The Hall–Kier alpha value is 1.22. The van der Waals surface area contributed by atoms with Crippen LogP contribution in [0.25, 0.3) is 0 Å². The molecule has 0 saturated carbocycles. The lowest BCUT2D eigenvalue weighted by Gasteiger charge is -2.07. The quantitative estimate of drug-likeness (QED) is 0.589. The number of alkyl halides is 3. The van der Waals surface area contributed by atoms with Crippen LogP contribution in [-0.2, 0) is 0 Å². The molecule has 8 heavy (non-hydrogen) atoms. The van der Waals surface area contributed by atoms with Crippen LogP contribution < -0.4 is 0 Å². The van der Waals surface area contributed by atoms with Gasteiger partial charge < -0.3 is 0 Å². The molecule has 0 bridgehead atoms. The Bertz CT molecular complexity index is 58.8. The van der Waals surface area contributed by atoms with E-state index < -0.39 is 3.79 Å². The minimum Gasteiger partial charge on any atom is -0.0942 e. The van der Waals surface area contributed by atoms with Gasteiger partial charge in [0.2, 0.25) is 0 Å². The zero-order chi connectivity index (χ0) is 6.62. The van der Waals surface area contributed by atoms with E-state index in [2.05, 4.69) is 12.6 Å². The molecule has 0 aromatic rings. The first-order chi connectivity index (χ1) is 3.56. The monoisotopic (exact) mass is 191 g/mol. The van der Waals surface area contributed by atoms with Crippen LogP contribution in [-0.4, -0.2) is 9.55 Å². The summed E-state index contributed by atoms with van der Waals surface area (Å²) in [5.41, 5.74) is 0. The summed E-state index contributed by atoms with van der Waals surface area (Å²) in [5, 5.41) is 0. The van der Waals surface area contributed by atoms with E-state index in [-0.39, 0.29) is 0 Å². The third-order valence-corrected chi connectivity index (χ3v) is 1.46. The minimum atomic E-state index is -1.10. The van der Waals surface area contributed by atoms with Gasteiger partial charge in [0.05, 0.1) is 0 Å². The van der Waals surface area contributed by atoms with Crippen LogP contribution in [0.3, 0.4) is 0 Å². The summed E-state index contributed by atoms with van der Waals surface area (Å²) in [6.45, 7) is 0. The molecule has 1 radical (unpaired) electrons. The topological polar surface area (TPSA) is 0 Å². The summed E-state index contributed by atoms with van der Waals surface area (Å²) in [6, 6.07) is 0. The molecule has 4 heteroatoms. The molecule has 0 unspecified atom stereocenters. The Morgan fingerprint density at radius 1 is 1.25 bits per heavy atom. The van der Waals surface area contributed by atoms with Crippen LogP contribution in [0.1, 0.15) is 12.8 Å². The van der Waals surface area contributed by atoms with Gasteiger partial charge in [0.25, 0.3) is 0 Å². The predicted octanol–water partition coefficient (Wildman–Crippen LogP) is 3.33. The van der Waals surface area contributed by atoms with Crippen molar-refractivity contribution in [3.63, 3.8) is 0 Å². The Kier molecular flexibility index (Phi) is 4.73. The molecule has 0 atom stereocenters. The Balaban J connectivity index is 3.11. The normalized spacial score (nSPS) is 12.0. The molecular formula is C4H6Cl3S. The molecule has 0 N–H and O–H groups in total. The van der Waals surface area contributed by atoms with Crippen molar-refractivity contribution < 1.29 is 0 Å². The van der Waals surface area contributed by atoms with E-state index in [0.29, 0.717) is 12.2 Å². The molecule has 0 aliphatic carbocycles. The fraction of sp³-hybridized carbons (Fsp3) is 1.00. The molecule has 0 heterocycles. The minimum absolute atomic E-state index is 0.557. The lowest BCUT2D eigenvalue weighted by molar-refractivity contribution is 0.833. The van der Waals surface area contributed by atoms with Gasteiger partial charge >= 0.3 is 0 Å². The number of rotatable bonds is 2. The van der Waals surface area contributed by atoms with E-state index >= 15 is 0 Å². The summed E-state index contributed by atoms with van der Waals surface area (Å²) >= 11 is 20.8. The highest BCUT2D eigenvalue weighted by Gasteiger charge is 2.17. The van der Waals surface area contributed by atoms with Crippen molar-refractivity contribution in [2.45, 2.75) is 16.6 Å². The molecule has 0 aliphatic heterocycles. The highest BCUT2D eigenvalue weighted by molar-refractivity contribution is 7.80. The fourth-order valence-corrected chi connectivity index (χ4v) is 0.818. The van der Waals surface area contributed by atoms with E-state index in [4.69, 9.17) is 34.8 Å². The molecule has 49 valence electrons. The van der Waals surface area contributed by atoms with E-state index in [1.165, 1.54) is 0 Å². The molecular weight excluding hydrogens is 186 g/mol. The van der Waals surface area contributed by atoms with Crippen LogP contribution in [0.2, 0.25) is 0 Å². The SMILES string of the molecule is [S]CCCC(Cl)(Cl)Cl. The van der Waals surface area contributed by atoms with Crippen molar-refractivity contribution in [3.8, 4) is 0 Å². The Morgan fingerprint density at radius 3 is 1.88 bits per heavy atom. The first-order valence-electron chi connectivity index (χ1n) is 2.21. The van der Waals surface area contributed by atoms with Gasteiger partial charge in [-0.3, -0.25) is 0 Å². The van der Waals surface area contributed by atoms with Crippen molar-refractivity contribution in [1.29, 1.82) is 0 Å². The average Bonchev–Trinajstić information content (AvgIpc) is 1.59. The van der Waals surface area contributed by atoms with Gasteiger partial charge in [-0.05, 0) is 12.8 Å². The van der Waals surface area contributed by atoms with Gasteiger partial charge in [-0.25, -0.2) is 0 Å². The maximum absolute atomic E-state index is 5.40. The van der Waals surface area contributed by atoms with Crippen LogP contribution in [0.5, 0.6) is 0 Å².